The van der Waals surface area contributed by atoms with E-state index in [1.807, 2.05) is 5.38 Å². The normalized spacial score (nSPS) is 14.1. The summed E-state index contributed by atoms with van der Waals surface area (Å²) in [7, 11) is 1.59. The summed E-state index contributed by atoms with van der Waals surface area (Å²) in [6, 6.07) is 7.17. The molecule has 1 aromatic carbocycles. The third kappa shape index (κ3) is 4.51. The molecule has 1 aliphatic heterocycles. The van der Waals surface area contributed by atoms with Crippen LogP contribution in [-0.4, -0.2) is 72.2 Å². The molecule has 148 valence electrons. The van der Waals surface area contributed by atoms with E-state index in [4.69, 9.17) is 11.6 Å². The lowest BCUT2D eigenvalue weighted by Crippen LogP contribution is -2.52. The smallest absolute Gasteiger partial charge is 0.264 e. The summed E-state index contributed by atoms with van der Waals surface area (Å²) in [5, 5.41) is 1.88. The summed E-state index contributed by atoms with van der Waals surface area (Å²) in [6.07, 6.45) is 0. The van der Waals surface area contributed by atoms with Gasteiger partial charge in [-0.2, -0.15) is 0 Å². The van der Waals surface area contributed by atoms with E-state index in [9.17, 15) is 18.8 Å². The topological polar surface area (TPSA) is 60.9 Å². The van der Waals surface area contributed by atoms with Crippen molar-refractivity contribution in [2.24, 2.45) is 0 Å². The Labute approximate surface area is 171 Å². The van der Waals surface area contributed by atoms with Crippen LogP contribution >= 0.6 is 22.9 Å². The third-order valence-electron chi connectivity index (χ3n) is 4.53. The Morgan fingerprint density at radius 2 is 1.82 bits per heavy atom. The minimum absolute atomic E-state index is 0.0194. The maximum absolute atomic E-state index is 13.2. The summed E-state index contributed by atoms with van der Waals surface area (Å²) in [4.78, 5) is 42.5. The summed E-state index contributed by atoms with van der Waals surface area (Å²) in [5.74, 6) is -1.15. The highest BCUT2D eigenvalue weighted by Gasteiger charge is 2.27. The molecule has 28 heavy (non-hydrogen) atoms. The van der Waals surface area contributed by atoms with Gasteiger partial charge in [-0.25, -0.2) is 4.39 Å². The van der Waals surface area contributed by atoms with E-state index >= 15 is 0 Å². The highest BCUT2D eigenvalue weighted by atomic mass is 35.5. The molecule has 1 fully saturated rings. The number of carbonyl (C=O) groups is 3. The number of piperazine rings is 1. The molecule has 3 amide bonds. The van der Waals surface area contributed by atoms with Crippen LogP contribution in [0.2, 0.25) is 5.02 Å². The fraction of sp³-hybridized carbons (Fsp3) is 0.316. The standard InChI is InChI=1S/C19H19ClFN3O3S/c1-22(19(27)16-3-2-10-28-16)12-17(25)23-6-8-24(9-7-23)18(26)14-5-4-13(21)11-15(14)20/h2-5,10-11H,6-9,12H2,1H3. The first-order chi connectivity index (χ1) is 13.4. The van der Waals surface area contributed by atoms with E-state index in [1.54, 1.807) is 29.0 Å². The SMILES string of the molecule is CN(CC(=O)N1CCN(C(=O)c2ccc(F)cc2Cl)CC1)C(=O)c1cccs1. The molecule has 2 aromatic rings. The van der Waals surface area contributed by atoms with Crippen molar-refractivity contribution < 1.29 is 18.8 Å². The van der Waals surface area contributed by atoms with Gasteiger partial charge in [-0.05, 0) is 29.6 Å². The van der Waals surface area contributed by atoms with Crippen LogP contribution in [0.15, 0.2) is 35.7 Å². The van der Waals surface area contributed by atoms with Crippen LogP contribution in [0.4, 0.5) is 4.39 Å². The minimum Gasteiger partial charge on any atom is -0.338 e. The number of amides is 3. The summed E-state index contributed by atoms with van der Waals surface area (Å²) in [5.41, 5.74) is 0.240. The van der Waals surface area contributed by atoms with E-state index in [0.717, 1.165) is 6.07 Å². The molecule has 0 spiro atoms. The van der Waals surface area contributed by atoms with Crippen LogP contribution in [0, 0.1) is 5.82 Å². The molecule has 6 nitrogen and oxygen atoms in total. The van der Waals surface area contributed by atoms with Gasteiger partial charge in [0, 0.05) is 33.2 Å². The Hall–Kier alpha value is -2.45. The molecule has 2 heterocycles. The van der Waals surface area contributed by atoms with Crippen molar-refractivity contribution in [2.45, 2.75) is 0 Å². The lowest BCUT2D eigenvalue weighted by Gasteiger charge is -2.35. The number of benzene rings is 1. The van der Waals surface area contributed by atoms with Crippen molar-refractivity contribution >= 4 is 40.7 Å². The molecule has 0 aliphatic carbocycles. The lowest BCUT2D eigenvalue weighted by atomic mass is 10.1. The maximum Gasteiger partial charge on any atom is 0.264 e. The van der Waals surface area contributed by atoms with Crippen molar-refractivity contribution in [3.05, 3.63) is 57.0 Å². The molecule has 0 N–H and O–H groups in total. The monoisotopic (exact) mass is 423 g/mol. The molecule has 1 saturated heterocycles. The zero-order valence-electron chi connectivity index (χ0n) is 15.2. The maximum atomic E-state index is 13.2. The van der Waals surface area contributed by atoms with Crippen LogP contribution in [0.5, 0.6) is 0 Å². The Balaban J connectivity index is 1.53. The Morgan fingerprint density at radius 3 is 2.43 bits per heavy atom. The molecule has 0 saturated carbocycles. The number of thiophene rings is 1. The summed E-state index contributed by atoms with van der Waals surface area (Å²) in [6.45, 7) is 1.41. The average Bonchev–Trinajstić information content (AvgIpc) is 3.21. The lowest BCUT2D eigenvalue weighted by molar-refractivity contribution is -0.133. The van der Waals surface area contributed by atoms with Crippen molar-refractivity contribution in [3.63, 3.8) is 0 Å². The van der Waals surface area contributed by atoms with E-state index in [0.29, 0.717) is 31.1 Å². The third-order valence-corrected chi connectivity index (χ3v) is 5.70. The fourth-order valence-corrected chi connectivity index (χ4v) is 3.92. The molecule has 0 unspecified atom stereocenters. The van der Waals surface area contributed by atoms with Gasteiger partial charge >= 0.3 is 0 Å². The molecule has 0 atom stereocenters. The molecule has 9 heteroatoms. The number of rotatable bonds is 4. The van der Waals surface area contributed by atoms with Crippen LogP contribution < -0.4 is 0 Å². The van der Waals surface area contributed by atoms with E-state index in [-0.39, 0.29) is 34.9 Å². The highest BCUT2D eigenvalue weighted by molar-refractivity contribution is 7.12. The number of hydrogen-bond donors (Lipinski definition) is 0. The van der Waals surface area contributed by atoms with Crippen molar-refractivity contribution in [1.82, 2.24) is 14.7 Å². The first kappa shape index (κ1) is 20.3. The van der Waals surface area contributed by atoms with Crippen LogP contribution in [0.1, 0.15) is 20.0 Å². The Bertz CT molecular complexity index is 883. The average molecular weight is 424 g/mol. The largest absolute Gasteiger partial charge is 0.338 e. The number of likely N-dealkylation sites (N-methyl/N-ethyl adjacent to an activating group) is 1. The zero-order chi connectivity index (χ0) is 20.3. The van der Waals surface area contributed by atoms with Gasteiger partial charge in [0.2, 0.25) is 5.91 Å². The van der Waals surface area contributed by atoms with Crippen LogP contribution in [-0.2, 0) is 4.79 Å². The van der Waals surface area contributed by atoms with Gasteiger partial charge < -0.3 is 14.7 Å². The van der Waals surface area contributed by atoms with Gasteiger partial charge in [0.1, 0.15) is 5.82 Å². The molecule has 0 radical (unpaired) electrons. The highest BCUT2D eigenvalue weighted by Crippen LogP contribution is 2.20. The second-order valence-corrected chi connectivity index (χ2v) is 7.79. The minimum atomic E-state index is -0.502. The van der Waals surface area contributed by atoms with Crippen molar-refractivity contribution in [1.29, 1.82) is 0 Å². The number of nitrogens with zero attached hydrogens (tertiary/aromatic N) is 3. The summed E-state index contributed by atoms with van der Waals surface area (Å²) >= 11 is 7.29. The van der Waals surface area contributed by atoms with Gasteiger partial charge in [-0.1, -0.05) is 17.7 Å². The van der Waals surface area contributed by atoms with Crippen LogP contribution in [0.25, 0.3) is 0 Å². The Morgan fingerprint density at radius 1 is 1.14 bits per heavy atom. The number of hydrogen-bond acceptors (Lipinski definition) is 4. The predicted molar refractivity (Wildman–Crippen MR) is 105 cm³/mol. The predicted octanol–water partition coefficient (Wildman–Crippen LogP) is 2.60. The first-order valence-corrected chi connectivity index (χ1v) is 9.93. The summed E-state index contributed by atoms with van der Waals surface area (Å²) < 4.78 is 13.2. The van der Waals surface area contributed by atoms with Crippen molar-refractivity contribution in [2.75, 3.05) is 39.8 Å². The quantitative estimate of drug-likeness (QED) is 0.759. The second-order valence-electron chi connectivity index (χ2n) is 6.44. The first-order valence-electron chi connectivity index (χ1n) is 8.68. The molecule has 1 aromatic heterocycles. The fourth-order valence-electron chi connectivity index (χ4n) is 2.96. The molecule has 0 bridgehead atoms. The van der Waals surface area contributed by atoms with E-state index in [1.165, 1.54) is 28.4 Å². The second kappa shape index (κ2) is 8.70. The number of halogens is 2. The van der Waals surface area contributed by atoms with E-state index in [2.05, 4.69) is 0 Å². The van der Waals surface area contributed by atoms with Gasteiger partial charge in [0.05, 0.1) is 22.0 Å². The van der Waals surface area contributed by atoms with Gasteiger partial charge in [0.25, 0.3) is 11.8 Å². The Kier molecular flexibility index (Phi) is 6.31. The van der Waals surface area contributed by atoms with Crippen molar-refractivity contribution in [3.8, 4) is 0 Å². The molecular weight excluding hydrogens is 405 g/mol. The van der Waals surface area contributed by atoms with Crippen LogP contribution in [0.3, 0.4) is 0 Å². The molecule has 1 aliphatic rings. The zero-order valence-corrected chi connectivity index (χ0v) is 16.8. The van der Waals surface area contributed by atoms with E-state index < -0.39 is 5.82 Å². The molecular formula is C19H19ClFN3O3S. The van der Waals surface area contributed by atoms with Gasteiger partial charge in [0.15, 0.2) is 0 Å². The number of carbonyl (C=O) groups excluding carboxylic acids is 3. The molecule has 3 rings (SSSR count). The van der Waals surface area contributed by atoms with Gasteiger partial charge in [-0.15, -0.1) is 11.3 Å². The van der Waals surface area contributed by atoms with Gasteiger partial charge in [-0.3, -0.25) is 14.4 Å².